The number of amides is 1. The number of aryl methyl sites for hydroxylation is 2. The Balaban J connectivity index is 1.83. The molecule has 0 unspecified atom stereocenters. The average Bonchev–Trinajstić information content (AvgIpc) is 3.31. The fraction of sp³-hybridized carbons (Fsp3) is 0.136. The van der Waals surface area contributed by atoms with Gasteiger partial charge >= 0.3 is 0 Å². The standard InChI is InChI=1S/C22H14ClN3O6/c1-10-6-16-14(9-15(10)23)20(27)18-19(12-4-3-5-13(8-12)26(29)30)25(22(28)21(18)31-16)17-7-11(2)32-24-17/h3-9,19H,1-2H3/t19-/m1/s1. The quantitative estimate of drug-likeness (QED) is 0.326. The molecule has 1 aliphatic rings. The van der Waals surface area contributed by atoms with Crippen LogP contribution in [0.15, 0.2) is 56.2 Å². The number of rotatable bonds is 3. The van der Waals surface area contributed by atoms with Crippen LogP contribution in [0.1, 0.15) is 39.0 Å². The monoisotopic (exact) mass is 451 g/mol. The topological polar surface area (TPSA) is 120 Å². The highest BCUT2D eigenvalue weighted by Gasteiger charge is 2.45. The van der Waals surface area contributed by atoms with Gasteiger partial charge in [0.1, 0.15) is 11.3 Å². The molecule has 0 saturated carbocycles. The Morgan fingerprint density at radius 3 is 2.62 bits per heavy atom. The Morgan fingerprint density at radius 1 is 1.16 bits per heavy atom. The molecule has 0 saturated heterocycles. The van der Waals surface area contributed by atoms with Gasteiger partial charge in [-0.2, -0.15) is 0 Å². The van der Waals surface area contributed by atoms with E-state index in [0.29, 0.717) is 21.9 Å². The van der Waals surface area contributed by atoms with Gasteiger partial charge in [-0.15, -0.1) is 0 Å². The van der Waals surface area contributed by atoms with Crippen LogP contribution in [-0.2, 0) is 0 Å². The van der Waals surface area contributed by atoms with Gasteiger partial charge in [0, 0.05) is 23.2 Å². The minimum Gasteiger partial charge on any atom is -0.450 e. The molecule has 5 rings (SSSR count). The maximum absolute atomic E-state index is 13.5. The van der Waals surface area contributed by atoms with Crippen molar-refractivity contribution in [3.8, 4) is 0 Å². The van der Waals surface area contributed by atoms with Crippen LogP contribution in [0.2, 0.25) is 5.02 Å². The Hall–Kier alpha value is -3.98. The lowest BCUT2D eigenvalue weighted by Gasteiger charge is -2.22. The molecule has 10 heteroatoms. The number of nitrogens with zero attached hydrogens (tertiary/aromatic N) is 3. The van der Waals surface area contributed by atoms with Crippen molar-refractivity contribution in [1.29, 1.82) is 0 Å². The summed E-state index contributed by atoms with van der Waals surface area (Å²) >= 11 is 6.22. The molecule has 32 heavy (non-hydrogen) atoms. The molecule has 4 aromatic rings. The van der Waals surface area contributed by atoms with E-state index in [1.165, 1.54) is 29.2 Å². The lowest BCUT2D eigenvalue weighted by molar-refractivity contribution is -0.384. The zero-order chi connectivity index (χ0) is 22.7. The molecule has 1 atom stereocenters. The third-order valence-electron chi connectivity index (χ3n) is 5.41. The van der Waals surface area contributed by atoms with E-state index in [1.807, 2.05) is 0 Å². The summed E-state index contributed by atoms with van der Waals surface area (Å²) < 4.78 is 11.0. The second-order valence-corrected chi connectivity index (χ2v) is 7.90. The van der Waals surface area contributed by atoms with E-state index in [0.717, 1.165) is 0 Å². The fourth-order valence-corrected chi connectivity index (χ4v) is 4.08. The van der Waals surface area contributed by atoms with Crippen molar-refractivity contribution >= 4 is 40.0 Å². The number of carbonyl (C=O) groups excluding carboxylic acids is 1. The van der Waals surface area contributed by atoms with Gasteiger partial charge in [0.2, 0.25) is 5.76 Å². The number of nitro groups is 1. The molecule has 3 heterocycles. The van der Waals surface area contributed by atoms with Crippen molar-refractivity contribution in [2.24, 2.45) is 0 Å². The van der Waals surface area contributed by atoms with Crippen LogP contribution in [-0.4, -0.2) is 16.0 Å². The lowest BCUT2D eigenvalue weighted by Crippen LogP contribution is -2.29. The molecule has 0 N–H and O–H groups in total. The van der Waals surface area contributed by atoms with E-state index in [-0.39, 0.29) is 33.8 Å². The van der Waals surface area contributed by atoms with E-state index >= 15 is 0 Å². The van der Waals surface area contributed by atoms with Crippen molar-refractivity contribution in [1.82, 2.24) is 5.16 Å². The predicted octanol–water partition coefficient (Wildman–Crippen LogP) is 4.71. The Kier molecular flexibility index (Phi) is 4.38. The average molecular weight is 452 g/mol. The SMILES string of the molecule is Cc1cc(N2C(=O)c3oc4cc(C)c(Cl)cc4c(=O)c3[C@H]2c2cccc([N+](=O)[O-])c2)no1. The first-order chi connectivity index (χ1) is 15.3. The molecule has 1 aliphatic heterocycles. The molecular formula is C22H14ClN3O6. The number of hydrogen-bond donors (Lipinski definition) is 0. The number of non-ortho nitro benzene ring substituents is 1. The number of fused-ring (bicyclic) bond motifs is 2. The first-order valence-corrected chi connectivity index (χ1v) is 9.92. The van der Waals surface area contributed by atoms with Gasteiger partial charge in [-0.05, 0) is 37.1 Å². The van der Waals surface area contributed by atoms with Gasteiger partial charge in [-0.3, -0.25) is 24.6 Å². The molecule has 1 amide bonds. The van der Waals surface area contributed by atoms with Crippen LogP contribution in [0.4, 0.5) is 11.5 Å². The van der Waals surface area contributed by atoms with Gasteiger partial charge in [-0.25, -0.2) is 0 Å². The van der Waals surface area contributed by atoms with E-state index in [2.05, 4.69) is 5.16 Å². The zero-order valence-corrected chi connectivity index (χ0v) is 17.5. The zero-order valence-electron chi connectivity index (χ0n) is 16.8. The van der Waals surface area contributed by atoms with Gasteiger partial charge in [0.05, 0.1) is 21.9 Å². The van der Waals surface area contributed by atoms with Gasteiger partial charge in [0.25, 0.3) is 11.6 Å². The summed E-state index contributed by atoms with van der Waals surface area (Å²) in [7, 11) is 0. The summed E-state index contributed by atoms with van der Waals surface area (Å²) in [4.78, 5) is 39.0. The van der Waals surface area contributed by atoms with Gasteiger partial charge in [-0.1, -0.05) is 28.9 Å². The smallest absolute Gasteiger partial charge is 0.296 e. The molecule has 0 fully saturated rings. The summed E-state index contributed by atoms with van der Waals surface area (Å²) in [5.41, 5.74) is 0.700. The highest BCUT2D eigenvalue weighted by atomic mass is 35.5. The van der Waals surface area contributed by atoms with Crippen LogP contribution in [0.5, 0.6) is 0 Å². The van der Waals surface area contributed by atoms with Gasteiger partial charge in [0.15, 0.2) is 11.2 Å². The molecule has 160 valence electrons. The van der Waals surface area contributed by atoms with Crippen molar-refractivity contribution in [2.75, 3.05) is 4.90 Å². The number of nitro benzene ring substituents is 1. The van der Waals surface area contributed by atoms with E-state index in [9.17, 15) is 19.7 Å². The van der Waals surface area contributed by atoms with Gasteiger partial charge < -0.3 is 8.94 Å². The number of carbonyl (C=O) groups is 1. The molecule has 0 spiro atoms. The Labute approximate surface area is 184 Å². The number of benzene rings is 2. The number of aromatic nitrogens is 1. The molecular weight excluding hydrogens is 438 g/mol. The largest absolute Gasteiger partial charge is 0.450 e. The summed E-state index contributed by atoms with van der Waals surface area (Å²) in [5, 5.41) is 15.9. The van der Waals surface area contributed by atoms with E-state index in [1.54, 1.807) is 32.0 Å². The minimum absolute atomic E-state index is 0.0589. The first kappa shape index (κ1) is 20.0. The second kappa shape index (κ2) is 7.03. The Morgan fingerprint density at radius 2 is 1.94 bits per heavy atom. The number of anilines is 1. The van der Waals surface area contributed by atoms with Crippen LogP contribution in [0.3, 0.4) is 0 Å². The first-order valence-electron chi connectivity index (χ1n) is 9.54. The summed E-state index contributed by atoms with van der Waals surface area (Å²) in [6, 6.07) is 9.38. The number of hydrogen-bond acceptors (Lipinski definition) is 7. The highest BCUT2D eigenvalue weighted by molar-refractivity contribution is 6.32. The third kappa shape index (κ3) is 2.89. The van der Waals surface area contributed by atoms with Crippen molar-refractivity contribution < 1.29 is 18.7 Å². The van der Waals surface area contributed by atoms with Crippen LogP contribution in [0, 0.1) is 24.0 Å². The molecule has 9 nitrogen and oxygen atoms in total. The molecule has 2 aromatic heterocycles. The van der Waals surface area contributed by atoms with Crippen molar-refractivity contribution in [2.45, 2.75) is 19.9 Å². The van der Waals surface area contributed by atoms with Crippen LogP contribution in [0.25, 0.3) is 11.0 Å². The van der Waals surface area contributed by atoms with Crippen molar-refractivity contribution in [3.63, 3.8) is 0 Å². The molecule has 0 radical (unpaired) electrons. The maximum atomic E-state index is 13.5. The van der Waals surface area contributed by atoms with E-state index in [4.69, 9.17) is 20.5 Å². The van der Waals surface area contributed by atoms with Crippen LogP contribution >= 0.6 is 11.6 Å². The molecule has 0 aliphatic carbocycles. The lowest BCUT2D eigenvalue weighted by atomic mass is 9.98. The summed E-state index contributed by atoms with van der Waals surface area (Å²) in [6.45, 7) is 3.42. The summed E-state index contributed by atoms with van der Waals surface area (Å²) in [5.74, 6) is -0.140. The molecule has 2 aromatic carbocycles. The number of halogens is 1. The maximum Gasteiger partial charge on any atom is 0.296 e. The predicted molar refractivity (Wildman–Crippen MR) is 115 cm³/mol. The van der Waals surface area contributed by atoms with Crippen molar-refractivity contribution in [3.05, 3.63) is 96.0 Å². The second-order valence-electron chi connectivity index (χ2n) is 7.50. The van der Waals surface area contributed by atoms with E-state index < -0.39 is 22.3 Å². The normalized spacial score (nSPS) is 15.4. The van der Waals surface area contributed by atoms with Crippen LogP contribution < -0.4 is 10.3 Å². The fourth-order valence-electron chi connectivity index (χ4n) is 3.92. The molecule has 0 bridgehead atoms. The Bertz CT molecular complexity index is 1510. The third-order valence-corrected chi connectivity index (χ3v) is 5.82. The summed E-state index contributed by atoms with van der Waals surface area (Å²) in [6.07, 6.45) is 0. The minimum atomic E-state index is -0.998. The highest BCUT2D eigenvalue weighted by Crippen LogP contribution is 2.41.